The number of nitrogens with zero attached hydrogens (tertiary/aromatic N) is 3. The first kappa shape index (κ1) is 13.5. The Morgan fingerprint density at radius 2 is 2.42 bits per heavy atom. The van der Waals surface area contributed by atoms with E-state index < -0.39 is 4.92 Å². The van der Waals surface area contributed by atoms with Crippen LogP contribution in [-0.4, -0.2) is 46.5 Å². The average molecular weight is 266 g/mol. The maximum Gasteiger partial charge on any atom is 0.287 e. The van der Waals surface area contributed by atoms with Crippen LogP contribution in [0.1, 0.15) is 23.3 Å². The number of aryl methyl sites for hydroxylation is 1. The molecule has 0 aliphatic carbocycles. The SMILES string of the molecule is CN(CC1CCCN1)C(=O)c1cc([N+](=O)[O-])cn1C. The molecule has 1 amide bonds. The van der Waals surface area contributed by atoms with Gasteiger partial charge in [-0.15, -0.1) is 0 Å². The molecule has 1 saturated heterocycles. The molecule has 0 radical (unpaired) electrons. The van der Waals surface area contributed by atoms with Crippen molar-refractivity contribution in [2.75, 3.05) is 20.1 Å². The van der Waals surface area contributed by atoms with Crippen molar-refractivity contribution in [2.24, 2.45) is 7.05 Å². The second kappa shape index (κ2) is 5.40. The third kappa shape index (κ3) is 2.93. The van der Waals surface area contributed by atoms with E-state index in [1.54, 1.807) is 19.0 Å². The normalized spacial score (nSPS) is 18.5. The summed E-state index contributed by atoms with van der Waals surface area (Å²) in [5.41, 5.74) is 0.283. The van der Waals surface area contributed by atoms with Gasteiger partial charge in [-0.25, -0.2) is 0 Å². The summed E-state index contributed by atoms with van der Waals surface area (Å²) in [5, 5.41) is 14.0. The van der Waals surface area contributed by atoms with E-state index in [0.717, 1.165) is 19.4 Å². The molecule has 0 spiro atoms. The first-order valence-electron chi connectivity index (χ1n) is 6.28. The minimum absolute atomic E-state index is 0.0572. The molecule has 1 aliphatic heterocycles. The van der Waals surface area contributed by atoms with Crippen LogP contribution in [0.2, 0.25) is 0 Å². The molecular weight excluding hydrogens is 248 g/mol. The minimum Gasteiger partial charge on any atom is -0.340 e. The van der Waals surface area contributed by atoms with E-state index in [2.05, 4.69) is 5.32 Å². The van der Waals surface area contributed by atoms with Crippen molar-refractivity contribution in [2.45, 2.75) is 18.9 Å². The summed E-state index contributed by atoms with van der Waals surface area (Å²) in [6, 6.07) is 1.64. The standard InChI is InChI=1S/C12H18N4O3/c1-14-8-10(16(18)19)6-11(14)12(17)15(2)7-9-4-3-5-13-9/h6,8-9,13H,3-5,7H2,1-2H3. The minimum atomic E-state index is -0.491. The number of hydrogen-bond donors (Lipinski definition) is 1. The van der Waals surface area contributed by atoms with Crippen LogP contribution in [0.15, 0.2) is 12.3 Å². The van der Waals surface area contributed by atoms with Crippen molar-refractivity contribution in [3.8, 4) is 0 Å². The predicted octanol–water partition coefficient (Wildman–Crippen LogP) is 0.757. The van der Waals surface area contributed by atoms with Crippen molar-refractivity contribution in [3.63, 3.8) is 0 Å². The van der Waals surface area contributed by atoms with Gasteiger partial charge in [0.15, 0.2) is 0 Å². The third-order valence-electron chi connectivity index (χ3n) is 3.42. The molecule has 1 aliphatic rings. The van der Waals surface area contributed by atoms with Crippen LogP contribution >= 0.6 is 0 Å². The molecule has 0 aromatic carbocycles. The van der Waals surface area contributed by atoms with E-state index in [-0.39, 0.29) is 11.6 Å². The molecule has 1 aromatic heterocycles. The van der Waals surface area contributed by atoms with Crippen molar-refractivity contribution in [3.05, 3.63) is 28.1 Å². The molecule has 104 valence electrons. The highest BCUT2D eigenvalue weighted by Gasteiger charge is 2.23. The van der Waals surface area contributed by atoms with Gasteiger partial charge in [-0.1, -0.05) is 0 Å². The average Bonchev–Trinajstić information content (AvgIpc) is 2.97. The fraction of sp³-hybridized carbons (Fsp3) is 0.583. The van der Waals surface area contributed by atoms with Crippen LogP contribution in [-0.2, 0) is 7.05 Å². The summed E-state index contributed by atoms with van der Waals surface area (Å²) in [5.74, 6) is -0.190. The zero-order valence-electron chi connectivity index (χ0n) is 11.1. The Bertz CT molecular complexity index is 491. The number of rotatable bonds is 4. The molecule has 1 fully saturated rings. The van der Waals surface area contributed by atoms with E-state index in [4.69, 9.17) is 0 Å². The van der Waals surface area contributed by atoms with E-state index in [9.17, 15) is 14.9 Å². The lowest BCUT2D eigenvalue weighted by atomic mass is 10.2. The molecule has 7 nitrogen and oxygen atoms in total. The van der Waals surface area contributed by atoms with Crippen LogP contribution < -0.4 is 5.32 Å². The lowest BCUT2D eigenvalue weighted by molar-refractivity contribution is -0.384. The molecule has 19 heavy (non-hydrogen) atoms. The summed E-state index contributed by atoms with van der Waals surface area (Å²) in [7, 11) is 3.36. The molecule has 7 heteroatoms. The van der Waals surface area contributed by atoms with E-state index in [1.165, 1.54) is 16.8 Å². The maximum atomic E-state index is 12.2. The monoisotopic (exact) mass is 266 g/mol. The molecule has 1 N–H and O–H groups in total. The van der Waals surface area contributed by atoms with E-state index in [0.29, 0.717) is 18.3 Å². The Balaban J connectivity index is 2.07. The second-order valence-corrected chi connectivity index (χ2v) is 4.93. The van der Waals surface area contributed by atoms with Crippen LogP contribution in [0.4, 0.5) is 5.69 Å². The van der Waals surface area contributed by atoms with Crippen molar-refractivity contribution >= 4 is 11.6 Å². The third-order valence-corrected chi connectivity index (χ3v) is 3.42. The van der Waals surface area contributed by atoms with Gasteiger partial charge in [0.25, 0.3) is 11.6 Å². The molecular formula is C12H18N4O3. The largest absolute Gasteiger partial charge is 0.340 e. The highest BCUT2D eigenvalue weighted by atomic mass is 16.6. The highest BCUT2D eigenvalue weighted by Crippen LogP contribution is 2.17. The highest BCUT2D eigenvalue weighted by molar-refractivity contribution is 5.93. The van der Waals surface area contributed by atoms with Crippen molar-refractivity contribution < 1.29 is 9.72 Å². The fourth-order valence-electron chi connectivity index (χ4n) is 2.38. The number of hydrogen-bond acceptors (Lipinski definition) is 4. The predicted molar refractivity (Wildman–Crippen MR) is 70.1 cm³/mol. The van der Waals surface area contributed by atoms with Gasteiger partial charge in [0.1, 0.15) is 5.69 Å². The van der Waals surface area contributed by atoms with Gasteiger partial charge in [-0.3, -0.25) is 14.9 Å². The molecule has 0 bridgehead atoms. The summed E-state index contributed by atoms with van der Waals surface area (Å²) >= 11 is 0. The zero-order valence-corrected chi connectivity index (χ0v) is 11.1. The molecule has 1 atom stereocenters. The van der Waals surface area contributed by atoms with Gasteiger partial charge < -0.3 is 14.8 Å². The van der Waals surface area contributed by atoms with E-state index in [1.807, 2.05) is 0 Å². The first-order chi connectivity index (χ1) is 8.99. The number of nitrogens with one attached hydrogen (secondary N) is 1. The zero-order chi connectivity index (χ0) is 14.0. The molecule has 2 rings (SSSR count). The number of carbonyl (C=O) groups is 1. The van der Waals surface area contributed by atoms with Crippen LogP contribution in [0, 0.1) is 10.1 Å². The summed E-state index contributed by atoms with van der Waals surface area (Å²) in [6.07, 6.45) is 3.54. The lowest BCUT2D eigenvalue weighted by Crippen LogP contribution is -2.39. The topological polar surface area (TPSA) is 80.4 Å². The number of carbonyl (C=O) groups excluding carboxylic acids is 1. The Labute approximate surface area is 111 Å². The van der Waals surface area contributed by atoms with Gasteiger partial charge in [0, 0.05) is 32.7 Å². The number of amides is 1. The fourth-order valence-corrected chi connectivity index (χ4v) is 2.38. The Morgan fingerprint density at radius 3 is 2.95 bits per heavy atom. The van der Waals surface area contributed by atoms with Crippen molar-refractivity contribution in [1.82, 2.24) is 14.8 Å². The molecule has 0 saturated carbocycles. The smallest absolute Gasteiger partial charge is 0.287 e. The Kier molecular flexibility index (Phi) is 3.84. The first-order valence-corrected chi connectivity index (χ1v) is 6.28. The van der Waals surface area contributed by atoms with Crippen molar-refractivity contribution in [1.29, 1.82) is 0 Å². The van der Waals surface area contributed by atoms with Gasteiger partial charge in [0.05, 0.1) is 11.1 Å². The maximum absolute atomic E-state index is 12.2. The van der Waals surface area contributed by atoms with E-state index >= 15 is 0 Å². The summed E-state index contributed by atoms with van der Waals surface area (Å²) < 4.78 is 1.50. The van der Waals surface area contributed by atoms with Crippen LogP contribution in [0.5, 0.6) is 0 Å². The van der Waals surface area contributed by atoms with Gasteiger partial charge in [0.2, 0.25) is 0 Å². The Morgan fingerprint density at radius 1 is 1.68 bits per heavy atom. The number of aromatic nitrogens is 1. The molecule has 2 heterocycles. The molecule has 1 aromatic rings. The summed E-state index contributed by atoms with van der Waals surface area (Å²) in [4.78, 5) is 24.1. The van der Waals surface area contributed by atoms with Gasteiger partial charge in [-0.2, -0.15) is 0 Å². The van der Waals surface area contributed by atoms with Gasteiger partial charge >= 0.3 is 0 Å². The number of nitro groups is 1. The Hall–Kier alpha value is -1.89. The summed E-state index contributed by atoms with van der Waals surface area (Å²) in [6.45, 7) is 1.61. The number of likely N-dealkylation sites (N-methyl/N-ethyl adjacent to an activating group) is 1. The van der Waals surface area contributed by atoms with Gasteiger partial charge in [-0.05, 0) is 19.4 Å². The van der Waals surface area contributed by atoms with Crippen LogP contribution in [0.25, 0.3) is 0 Å². The lowest BCUT2D eigenvalue weighted by Gasteiger charge is -2.21. The second-order valence-electron chi connectivity index (χ2n) is 4.93. The molecule has 1 unspecified atom stereocenters. The van der Waals surface area contributed by atoms with Crippen LogP contribution in [0.3, 0.4) is 0 Å². The quantitative estimate of drug-likeness (QED) is 0.644.